The first-order chi connectivity index (χ1) is 9.99. The van der Waals surface area contributed by atoms with E-state index in [1.165, 1.54) is 23.6 Å². The number of rotatable bonds is 5. The molecule has 0 aromatic carbocycles. The Balaban J connectivity index is 2.02. The Morgan fingerprint density at radius 2 is 2.14 bits per heavy atom. The van der Waals surface area contributed by atoms with E-state index in [0.29, 0.717) is 4.88 Å². The Morgan fingerprint density at radius 3 is 2.76 bits per heavy atom. The number of nitrogens with zero attached hydrogens (tertiary/aromatic N) is 2. The van der Waals surface area contributed by atoms with Gasteiger partial charge in [-0.3, -0.25) is 0 Å². The third kappa shape index (κ3) is 4.10. The zero-order valence-corrected chi connectivity index (χ0v) is 12.3. The lowest BCUT2D eigenvalue weighted by atomic mass is 10.5. The number of hydrogen-bond acceptors (Lipinski definition) is 7. The minimum absolute atomic E-state index is 0.118. The Hall–Kier alpha value is -2.26. The number of sulfone groups is 1. The van der Waals surface area contributed by atoms with E-state index in [4.69, 9.17) is 5.73 Å². The van der Waals surface area contributed by atoms with E-state index in [2.05, 4.69) is 15.0 Å². The zero-order valence-electron chi connectivity index (χ0n) is 10.7. The molecule has 2 N–H and O–H groups in total. The average molecular weight is 325 g/mol. The van der Waals surface area contributed by atoms with Crippen molar-refractivity contribution >= 4 is 33.0 Å². The lowest BCUT2D eigenvalue weighted by molar-refractivity contribution is 0.0521. The fourth-order valence-corrected chi connectivity index (χ4v) is 3.06. The lowest BCUT2D eigenvalue weighted by Gasteiger charge is -2.02. The number of aromatic nitrogens is 1. The van der Waals surface area contributed by atoms with Crippen LogP contribution in [0.25, 0.3) is 0 Å². The van der Waals surface area contributed by atoms with Gasteiger partial charge in [-0.05, 0) is 23.6 Å². The molecule has 0 saturated carbocycles. The van der Waals surface area contributed by atoms with Gasteiger partial charge in [0.25, 0.3) is 0 Å². The Kier molecular flexibility index (Phi) is 4.66. The van der Waals surface area contributed by atoms with E-state index in [1.54, 1.807) is 29.6 Å². The van der Waals surface area contributed by atoms with Crippen LogP contribution in [-0.4, -0.2) is 31.0 Å². The first-order valence-electron chi connectivity index (χ1n) is 5.70. The highest BCUT2D eigenvalue weighted by Gasteiger charge is 2.18. The van der Waals surface area contributed by atoms with Crippen molar-refractivity contribution in [2.45, 2.75) is 5.03 Å². The third-order valence-corrected chi connectivity index (χ3v) is 4.67. The molecule has 7 nitrogen and oxygen atoms in total. The molecule has 0 aliphatic carbocycles. The molecule has 2 heterocycles. The maximum Gasteiger partial charge on any atom is 0.375 e. The molecule has 0 radical (unpaired) electrons. The van der Waals surface area contributed by atoms with Crippen molar-refractivity contribution in [2.24, 2.45) is 10.9 Å². The minimum Gasteiger partial charge on any atom is -0.384 e. The quantitative estimate of drug-likeness (QED) is 0.380. The SMILES string of the molecule is N/C(CS(=O)(=O)c1ccccn1)=N/OC(=O)c1cccs1. The van der Waals surface area contributed by atoms with Crippen LogP contribution in [0.5, 0.6) is 0 Å². The van der Waals surface area contributed by atoms with Crippen LogP contribution in [0.2, 0.25) is 0 Å². The number of thiophene rings is 1. The maximum absolute atomic E-state index is 12.0. The van der Waals surface area contributed by atoms with Crippen molar-refractivity contribution < 1.29 is 18.0 Å². The predicted molar refractivity (Wildman–Crippen MR) is 77.6 cm³/mol. The molecule has 0 spiro atoms. The van der Waals surface area contributed by atoms with Gasteiger partial charge < -0.3 is 10.6 Å². The summed E-state index contributed by atoms with van der Waals surface area (Å²) in [6.07, 6.45) is 1.36. The van der Waals surface area contributed by atoms with Crippen LogP contribution in [0.3, 0.4) is 0 Å². The fraction of sp³-hybridized carbons (Fsp3) is 0.0833. The van der Waals surface area contributed by atoms with Crippen molar-refractivity contribution in [1.82, 2.24) is 4.98 Å². The molecular formula is C12H11N3O4S2. The molecule has 110 valence electrons. The van der Waals surface area contributed by atoms with E-state index in [9.17, 15) is 13.2 Å². The number of pyridine rings is 1. The minimum atomic E-state index is -3.72. The predicted octanol–water partition coefficient (Wildman–Crippen LogP) is 1.05. The molecule has 2 rings (SSSR count). The van der Waals surface area contributed by atoms with E-state index in [1.807, 2.05) is 0 Å². The van der Waals surface area contributed by atoms with Gasteiger partial charge in [0.15, 0.2) is 10.9 Å². The summed E-state index contributed by atoms with van der Waals surface area (Å²) in [6.45, 7) is 0. The molecule has 2 aromatic heterocycles. The van der Waals surface area contributed by atoms with E-state index in [0.717, 1.165) is 0 Å². The van der Waals surface area contributed by atoms with Crippen LogP contribution < -0.4 is 5.73 Å². The van der Waals surface area contributed by atoms with Crippen LogP contribution in [0.4, 0.5) is 0 Å². The van der Waals surface area contributed by atoms with Gasteiger partial charge >= 0.3 is 5.97 Å². The molecule has 0 atom stereocenters. The second-order valence-electron chi connectivity index (χ2n) is 3.87. The Morgan fingerprint density at radius 1 is 1.33 bits per heavy atom. The summed E-state index contributed by atoms with van der Waals surface area (Å²) < 4.78 is 23.9. The van der Waals surface area contributed by atoms with E-state index < -0.39 is 21.6 Å². The van der Waals surface area contributed by atoms with Crippen LogP contribution in [0, 0.1) is 0 Å². The zero-order chi connectivity index (χ0) is 15.3. The standard InChI is InChI=1S/C12H11N3O4S2/c13-10(15-19-12(16)9-4-3-7-20-9)8-21(17,18)11-5-1-2-6-14-11/h1-7H,8H2,(H2,13,15). The molecular weight excluding hydrogens is 314 g/mol. The van der Waals surface area contributed by atoms with Gasteiger partial charge in [0.05, 0.1) is 0 Å². The first-order valence-corrected chi connectivity index (χ1v) is 8.23. The molecule has 21 heavy (non-hydrogen) atoms. The molecule has 2 aromatic rings. The molecule has 0 aliphatic heterocycles. The van der Waals surface area contributed by atoms with Gasteiger partial charge in [0.1, 0.15) is 10.6 Å². The maximum atomic E-state index is 12.0. The lowest BCUT2D eigenvalue weighted by Crippen LogP contribution is -2.25. The molecule has 0 saturated heterocycles. The normalized spacial score (nSPS) is 12.1. The van der Waals surface area contributed by atoms with Crippen LogP contribution in [-0.2, 0) is 14.7 Å². The number of oxime groups is 1. The number of carbonyl (C=O) groups excluding carboxylic acids is 1. The van der Waals surface area contributed by atoms with Gasteiger partial charge in [-0.1, -0.05) is 17.3 Å². The second-order valence-corrected chi connectivity index (χ2v) is 6.75. The molecule has 0 aliphatic rings. The summed E-state index contributed by atoms with van der Waals surface area (Å²) in [5.41, 5.74) is 5.47. The highest BCUT2D eigenvalue weighted by atomic mass is 32.2. The largest absolute Gasteiger partial charge is 0.384 e. The monoisotopic (exact) mass is 325 g/mol. The van der Waals surface area contributed by atoms with E-state index in [-0.39, 0.29) is 10.9 Å². The first kappa shape index (κ1) is 15.1. The van der Waals surface area contributed by atoms with Gasteiger partial charge in [-0.2, -0.15) is 0 Å². The summed E-state index contributed by atoms with van der Waals surface area (Å²) in [7, 11) is -3.72. The smallest absolute Gasteiger partial charge is 0.375 e. The second kappa shape index (κ2) is 6.46. The van der Waals surface area contributed by atoms with Gasteiger partial charge in [-0.25, -0.2) is 18.2 Å². The molecule has 9 heteroatoms. The van der Waals surface area contributed by atoms with Crippen LogP contribution in [0.1, 0.15) is 9.67 Å². The summed E-state index contributed by atoms with van der Waals surface area (Å²) in [5, 5.41) is 4.92. The summed E-state index contributed by atoms with van der Waals surface area (Å²) in [6, 6.07) is 7.73. The van der Waals surface area contributed by atoms with Crippen LogP contribution >= 0.6 is 11.3 Å². The number of nitrogens with two attached hydrogens (primary N) is 1. The summed E-state index contributed by atoms with van der Waals surface area (Å²) in [5.74, 6) is -1.60. The van der Waals surface area contributed by atoms with Crippen molar-refractivity contribution in [1.29, 1.82) is 0 Å². The van der Waals surface area contributed by atoms with Gasteiger partial charge in [-0.15, -0.1) is 11.3 Å². The highest BCUT2D eigenvalue weighted by Crippen LogP contribution is 2.10. The van der Waals surface area contributed by atoms with Crippen LogP contribution in [0.15, 0.2) is 52.1 Å². The molecule has 0 amide bonds. The number of amidine groups is 1. The van der Waals surface area contributed by atoms with Crippen molar-refractivity contribution in [3.05, 3.63) is 46.8 Å². The summed E-state index contributed by atoms with van der Waals surface area (Å²) in [4.78, 5) is 20.2. The molecule has 0 bridgehead atoms. The molecule has 0 unspecified atom stereocenters. The topological polar surface area (TPSA) is 112 Å². The highest BCUT2D eigenvalue weighted by molar-refractivity contribution is 7.92. The Labute approximate surface area is 125 Å². The van der Waals surface area contributed by atoms with Gasteiger partial charge in [0.2, 0.25) is 9.84 Å². The van der Waals surface area contributed by atoms with Crippen molar-refractivity contribution in [3.8, 4) is 0 Å². The van der Waals surface area contributed by atoms with Crippen molar-refractivity contribution in [2.75, 3.05) is 5.75 Å². The number of carbonyl (C=O) groups is 1. The summed E-state index contributed by atoms with van der Waals surface area (Å²) >= 11 is 1.18. The van der Waals surface area contributed by atoms with Crippen molar-refractivity contribution in [3.63, 3.8) is 0 Å². The molecule has 0 fully saturated rings. The van der Waals surface area contributed by atoms with E-state index >= 15 is 0 Å². The Bertz CT molecular complexity index is 740. The fourth-order valence-electron chi connectivity index (χ4n) is 1.37. The average Bonchev–Trinajstić information content (AvgIpc) is 2.99. The van der Waals surface area contributed by atoms with Gasteiger partial charge in [0, 0.05) is 6.20 Å². The number of hydrogen-bond donors (Lipinski definition) is 1. The third-order valence-electron chi connectivity index (χ3n) is 2.26.